The summed E-state index contributed by atoms with van der Waals surface area (Å²) in [7, 11) is 0. The Morgan fingerprint density at radius 3 is 2.83 bits per heavy atom. The second kappa shape index (κ2) is 1.24. The van der Waals surface area contributed by atoms with E-state index in [1.807, 2.05) is 0 Å². The SMILES string of the molecule is OC1C=NNN1. The lowest BCUT2D eigenvalue weighted by Crippen LogP contribution is -2.30. The molecule has 0 aromatic rings. The highest BCUT2D eigenvalue weighted by atomic mass is 16.3. The van der Waals surface area contributed by atoms with E-state index in [9.17, 15) is 0 Å². The normalized spacial score (nSPS) is 30.5. The molecule has 0 aromatic carbocycles. The van der Waals surface area contributed by atoms with Gasteiger partial charge < -0.3 is 5.11 Å². The Hall–Kier alpha value is -0.610. The molecular formula is C2H5N3O. The molecule has 0 spiro atoms. The first-order valence-electron chi connectivity index (χ1n) is 1.61. The number of hydrazone groups is 1. The molecule has 0 aliphatic carbocycles. The van der Waals surface area contributed by atoms with E-state index in [2.05, 4.69) is 16.1 Å². The number of hydrogen-bond acceptors (Lipinski definition) is 4. The standard InChI is InChI=1S/C2H5N3O/c6-2-1-3-5-4-2/h1-2,4-6H. The van der Waals surface area contributed by atoms with Crippen molar-refractivity contribution in [3.63, 3.8) is 0 Å². The van der Waals surface area contributed by atoms with Crippen LogP contribution in [0.1, 0.15) is 0 Å². The average molecular weight is 87.1 g/mol. The van der Waals surface area contributed by atoms with Crippen LogP contribution in [0.5, 0.6) is 0 Å². The molecule has 0 fully saturated rings. The average Bonchev–Trinajstić information content (AvgIpc) is 1.86. The summed E-state index contributed by atoms with van der Waals surface area (Å²) in [5.41, 5.74) is 4.74. The van der Waals surface area contributed by atoms with Gasteiger partial charge in [-0.3, -0.25) is 0 Å². The van der Waals surface area contributed by atoms with Gasteiger partial charge in [-0.05, 0) is 0 Å². The Bertz CT molecular complexity index is 71.2. The fourth-order valence-corrected chi connectivity index (χ4v) is 0.249. The number of hydrazine groups is 1. The molecule has 6 heavy (non-hydrogen) atoms. The van der Waals surface area contributed by atoms with Crippen molar-refractivity contribution >= 4 is 6.21 Å². The molecule has 1 heterocycles. The molecule has 1 rings (SSSR count). The molecule has 4 nitrogen and oxygen atoms in total. The molecule has 3 N–H and O–H groups in total. The largest absolute Gasteiger partial charge is 0.372 e. The fraction of sp³-hybridized carbons (Fsp3) is 0.500. The third kappa shape index (κ3) is 0.474. The van der Waals surface area contributed by atoms with E-state index < -0.39 is 6.23 Å². The zero-order chi connectivity index (χ0) is 4.41. The Morgan fingerprint density at radius 1 is 1.83 bits per heavy atom. The van der Waals surface area contributed by atoms with Crippen LogP contribution in [-0.4, -0.2) is 17.5 Å². The number of nitrogens with one attached hydrogen (secondary N) is 2. The van der Waals surface area contributed by atoms with E-state index in [1.54, 1.807) is 0 Å². The third-order valence-electron chi connectivity index (χ3n) is 0.493. The van der Waals surface area contributed by atoms with Crippen LogP contribution < -0.4 is 11.0 Å². The summed E-state index contributed by atoms with van der Waals surface area (Å²) in [6, 6.07) is 0. The maximum Gasteiger partial charge on any atom is 0.160 e. The van der Waals surface area contributed by atoms with Gasteiger partial charge in [0.05, 0.1) is 6.21 Å². The van der Waals surface area contributed by atoms with Gasteiger partial charge in [0.1, 0.15) is 0 Å². The van der Waals surface area contributed by atoms with Crippen molar-refractivity contribution in [2.45, 2.75) is 6.23 Å². The fourth-order valence-electron chi connectivity index (χ4n) is 0.249. The zero-order valence-corrected chi connectivity index (χ0v) is 3.05. The second-order valence-electron chi connectivity index (χ2n) is 0.979. The molecule has 0 bridgehead atoms. The number of rotatable bonds is 0. The first-order valence-corrected chi connectivity index (χ1v) is 1.61. The van der Waals surface area contributed by atoms with Gasteiger partial charge >= 0.3 is 0 Å². The molecule has 0 radical (unpaired) electrons. The van der Waals surface area contributed by atoms with Crippen molar-refractivity contribution in [2.24, 2.45) is 5.10 Å². The van der Waals surface area contributed by atoms with Crippen LogP contribution >= 0.6 is 0 Å². The Morgan fingerprint density at radius 2 is 2.67 bits per heavy atom. The molecule has 0 saturated heterocycles. The van der Waals surface area contributed by atoms with Crippen molar-refractivity contribution in [3.05, 3.63) is 0 Å². The van der Waals surface area contributed by atoms with Crippen molar-refractivity contribution in [2.75, 3.05) is 0 Å². The van der Waals surface area contributed by atoms with Gasteiger partial charge in [0.25, 0.3) is 0 Å². The third-order valence-corrected chi connectivity index (χ3v) is 0.493. The molecular weight excluding hydrogens is 82.0 g/mol. The van der Waals surface area contributed by atoms with Crippen molar-refractivity contribution in [1.29, 1.82) is 0 Å². The van der Waals surface area contributed by atoms with Crippen LogP contribution in [0.25, 0.3) is 0 Å². The topological polar surface area (TPSA) is 56.7 Å². The highest BCUT2D eigenvalue weighted by molar-refractivity contribution is 5.62. The number of aliphatic hydroxyl groups excluding tert-OH is 1. The van der Waals surface area contributed by atoms with Gasteiger partial charge in [0.2, 0.25) is 0 Å². The van der Waals surface area contributed by atoms with E-state index >= 15 is 0 Å². The Labute approximate surface area is 34.8 Å². The predicted octanol–water partition coefficient (Wildman–Crippen LogP) is -1.60. The van der Waals surface area contributed by atoms with E-state index in [0.717, 1.165) is 0 Å². The van der Waals surface area contributed by atoms with Gasteiger partial charge in [0.15, 0.2) is 6.23 Å². The number of nitrogens with zero attached hydrogens (tertiary/aromatic N) is 1. The Kier molecular flexibility index (Phi) is 0.736. The van der Waals surface area contributed by atoms with Crippen molar-refractivity contribution in [1.82, 2.24) is 11.0 Å². The quantitative estimate of drug-likeness (QED) is 0.333. The highest BCUT2D eigenvalue weighted by Crippen LogP contribution is 1.71. The molecule has 0 amide bonds. The van der Waals surface area contributed by atoms with Crippen molar-refractivity contribution < 1.29 is 5.11 Å². The van der Waals surface area contributed by atoms with Crippen LogP contribution in [0, 0.1) is 0 Å². The molecule has 0 aromatic heterocycles. The second-order valence-corrected chi connectivity index (χ2v) is 0.979. The summed E-state index contributed by atoms with van der Waals surface area (Å²) < 4.78 is 0. The molecule has 34 valence electrons. The first-order chi connectivity index (χ1) is 2.89. The molecule has 4 heteroatoms. The lowest BCUT2D eigenvalue weighted by atomic mass is 10.7. The minimum Gasteiger partial charge on any atom is -0.372 e. The van der Waals surface area contributed by atoms with Crippen LogP contribution in [0.3, 0.4) is 0 Å². The van der Waals surface area contributed by atoms with Crippen molar-refractivity contribution in [3.8, 4) is 0 Å². The molecule has 0 saturated carbocycles. The van der Waals surface area contributed by atoms with Crippen LogP contribution in [0.15, 0.2) is 5.10 Å². The van der Waals surface area contributed by atoms with E-state index in [1.165, 1.54) is 6.21 Å². The van der Waals surface area contributed by atoms with Crippen LogP contribution in [0.4, 0.5) is 0 Å². The number of aliphatic hydroxyl groups is 1. The van der Waals surface area contributed by atoms with Gasteiger partial charge in [-0.1, -0.05) is 0 Å². The first kappa shape index (κ1) is 3.58. The van der Waals surface area contributed by atoms with Gasteiger partial charge in [0, 0.05) is 0 Å². The summed E-state index contributed by atoms with van der Waals surface area (Å²) in [5, 5.41) is 11.8. The van der Waals surface area contributed by atoms with E-state index in [-0.39, 0.29) is 0 Å². The highest BCUT2D eigenvalue weighted by Gasteiger charge is 1.99. The smallest absolute Gasteiger partial charge is 0.160 e. The van der Waals surface area contributed by atoms with Gasteiger partial charge in [-0.25, -0.2) is 5.53 Å². The molecule has 1 aliphatic rings. The van der Waals surface area contributed by atoms with E-state index in [4.69, 9.17) is 5.11 Å². The maximum atomic E-state index is 8.41. The van der Waals surface area contributed by atoms with Gasteiger partial charge in [-0.2, -0.15) is 10.5 Å². The zero-order valence-electron chi connectivity index (χ0n) is 3.05. The summed E-state index contributed by atoms with van der Waals surface area (Å²) in [6.45, 7) is 0. The molecule has 1 aliphatic heterocycles. The summed E-state index contributed by atoms with van der Waals surface area (Å²) in [6.07, 6.45) is 0.755. The molecule has 1 unspecified atom stereocenters. The lowest BCUT2D eigenvalue weighted by Gasteiger charge is -1.92. The van der Waals surface area contributed by atoms with Crippen LogP contribution in [-0.2, 0) is 0 Å². The minimum atomic E-state index is -0.606. The summed E-state index contributed by atoms with van der Waals surface area (Å²) in [5.74, 6) is 0. The Balaban J connectivity index is 2.38. The monoisotopic (exact) mass is 87.0 g/mol. The minimum absolute atomic E-state index is 0.606. The predicted molar refractivity (Wildman–Crippen MR) is 20.8 cm³/mol. The maximum absolute atomic E-state index is 8.41. The van der Waals surface area contributed by atoms with E-state index in [0.29, 0.717) is 0 Å². The summed E-state index contributed by atoms with van der Waals surface area (Å²) >= 11 is 0. The van der Waals surface area contributed by atoms with Crippen LogP contribution in [0.2, 0.25) is 0 Å². The summed E-state index contributed by atoms with van der Waals surface area (Å²) in [4.78, 5) is 0. The van der Waals surface area contributed by atoms with Gasteiger partial charge in [-0.15, -0.1) is 0 Å². The lowest BCUT2D eigenvalue weighted by molar-refractivity contribution is 0.203. The molecule has 1 atom stereocenters. The number of hydrogen-bond donors (Lipinski definition) is 3.